The van der Waals surface area contributed by atoms with Gasteiger partial charge in [-0.25, -0.2) is 4.79 Å². The summed E-state index contributed by atoms with van der Waals surface area (Å²) in [6.07, 6.45) is 4.82. The van der Waals surface area contributed by atoms with E-state index in [1.807, 2.05) is 0 Å². The standard InChI is InChI=1S/C19H22ClN3O4/c1-26-19(25)14-5-2-3-6-16(14)23-18(24)17(20)15(11-22-23)21-9-4-10-27-12-13-7-8-13/h2-3,5-6,11,13,21H,4,7-10,12H2,1H3. The number of benzene rings is 1. The molecule has 27 heavy (non-hydrogen) atoms. The van der Waals surface area contributed by atoms with Crippen LogP contribution in [0.25, 0.3) is 5.69 Å². The highest BCUT2D eigenvalue weighted by atomic mass is 35.5. The van der Waals surface area contributed by atoms with Gasteiger partial charge in [0.15, 0.2) is 0 Å². The van der Waals surface area contributed by atoms with Crippen LogP contribution in [0, 0.1) is 5.92 Å². The van der Waals surface area contributed by atoms with E-state index in [1.165, 1.54) is 26.1 Å². The van der Waals surface area contributed by atoms with Crippen LogP contribution in [0.15, 0.2) is 35.3 Å². The lowest BCUT2D eigenvalue weighted by atomic mass is 10.2. The number of aromatic nitrogens is 2. The normalized spacial score (nSPS) is 13.4. The molecule has 0 aliphatic heterocycles. The van der Waals surface area contributed by atoms with Gasteiger partial charge < -0.3 is 14.8 Å². The zero-order chi connectivity index (χ0) is 19.2. The van der Waals surface area contributed by atoms with Crippen molar-refractivity contribution in [2.75, 3.05) is 32.2 Å². The number of rotatable bonds is 9. The van der Waals surface area contributed by atoms with E-state index in [0.717, 1.165) is 23.6 Å². The van der Waals surface area contributed by atoms with Crippen molar-refractivity contribution in [3.8, 4) is 5.69 Å². The molecule has 1 heterocycles. The molecule has 1 fully saturated rings. The largest absolute Gasteiger partial charge is 0.465 e. The molecule has 0 spiro atoms. The third kappa shape index (κ3) is 4.87. The summed E-state index contributed by atoms with van der Waals surface area (Å²) in [5.41, 5.74) is 0.495. The number of hydrogen-bond donors (Lipinski definition) is 1. The van der Waals surface area contributed by atoms with E-state index in [9.17, 15) is 9.59 Å². The van der Waals surface area contributed by atoms with Crippen LogP contribution < -0.4 is 10.9 Å². The third-order valence-corrected chi connectivity index (χ3v) is 4.65. The number of esters is 1. The van der Waals surface area contributed by atoms with Crippen molar-refractivity contribution in [2.24, 2.45) is 5.92 Å². The van der Waals surface area contributed by atoms with Gasteiger partial charge in [-0.1, -0.05) is 23.7 Å². The number of nitrogens with one attached hydrogen (secondary N) is 1. The number of nitrogens with zero attached hydrogens (tertiary/aromatic N) is 2. The van der Waals surface area contributed by atoms with Gasteiger partial charge >= 0.3 is 5.97 Å². The first-order chi connectivity index (χ1) is 13.1. The van der Waals surface area contributed by atoms with Crippen LogP contribution in [-0.2, 0) is 9.47 Å². The zero-order valence-electron chi connectivity index (χ0n) is 15.1. The SMILES string of the molecule is COC(=O)c1ccccc1-n1ncc(NCCCOCC2CC2)c(Cl)c1=O. The Balaban J connectivity index is 1.68. The maximum atomic E-state index is 12.6. The Bertz CT molecular complexity index is 864. The lowest BCUT2D eigenvalue weighted by Crippen LogP contribution is -2.25. The first-order valence-electron chi connectivity index (χ1n) is 8.89. The number of ether oxygens (including phenoxy) is 2. The maximum absolute atomic E-state index is 12.6. The summed E-state index contributed by atoms with van der Waals surface area (Å²) >= 11 is 6.22. The lowest BCUT2D eigenvalue weighted by Gasteiger charge is -2.12. The Hall–Kier alpha value is -2.38. The molecule has 1 aliphatic rings. The Labute approximate surface area is 162 Å². The van der Waals surface area contributed by atoms with E-state index in [2.05, 4.69) is 10.4 Å². The van der Waals surface area contributed by atoms with Gasteiger partial charge in [0, 0.05) is 19.8 Å². The molecule has 1 aliphatic carbocycles. The molecule has 2 aromatic rings. The minimum absolute atomic E-state index is 0.0172. The van der Waals surface area contributed by atoms with Gasteiger partial charge in [-0.2, -0.15) is 9.78 Å². The van der Waals surface area contributed by atoms with Crippen molar-refractivity contribution in [1.29, 1.82) is 0 Å². The minimum Gasteiger partial charge on any atom is -0.465 e. The lowest BCUT2D eigenvalue weighted by molar-refractivity contribution is 0.0600. The highest BCUT2D eigenvalue weighted by Crippen LogP contribution is 2.28. The Morgan fingerprint density at radius 1 is 1.37 bits per heavy atom. The van der Waals surface area contributed by atoms with Gasteiger partial charge in [0.1, 0.15) is 5.02 Å². The quantitative estimate of drug-likeness (QED) is 0.522. The molecule has 1 aromatic heterocycles. The Kier molecular flexibility index (Phi) is 6.47. The van der Waals surface area contributed by atoms with Crippen LogP contribution in [0.1, 0.15) is 29.6 Å². The second-order valence-corrected chi connectivity index (χ2v) is 6.77. The highest BCUT2D eigenvalue weighted by molar-refractivity contribution is 6.32. The second-order valence-electron chi connectivity index (χ2n) is 6.40. The zero-order valence-corrected chi connectivity index (χ0v) is 15.9. The highest BCUT2D eigenvalue weighted by Gasteiger charge is 2.21. The predicted octanol–water partition coefficient (Wildman–Crippen LogP) is 2.90. The van der Waals surface area contributed by atoms with Crippen LogP contribution >= 0.6 is 11.6 Å². The van der Waals surface area contributed by atoms with E-state index >= 15 is 0 Å². The fourth-order valence-corrected chi connectivity index (χ4v) is 2.80. The van der Waals surface area contributed by atoms with E-state index in [4.69, 9.17) is 21.1 Å². The van der Waals surface area contributed by atoms with Crippen molar-refractivity contribution >= 4 is 23.3 Å². The molecule has 0 atom stereocenters. The second kappa shape index (κ2) is 9.01. The summed E-state index contributed by atoms with van der Waals surface area (Å²) in [4.78, 5) is 24.5. The Morgan fingerprint density at radius 3 is 2.89 bits per heavy atom. The third-order valence-electron chi connectivity index (χ3n) is 4.29. The van der Waals surface area contributed by atoms with Gasteiger partial charge in [-0.05, 0) is 37.3 Å². The van der Waals surface area contributed by atoms with Gasteiger partial charge in [0.25, 0.3) is 5.56 Å². The van der Waals surface area contributed by atoms with E-state index < -0.39 is 11.5 Å². The van der Waals surface area contributed by atoms with Gasteiger partial charge in [-0.15, -0.1) is 0 Å². The summed E-state index contributed by atoms with van der Waals surface area (Å²) in [6.45, 7) is 2.12. The van der Waals surface area contributed by atoms with Gasteiger partial charge in [0.2, 0.25) is 0 Å². The maximum Gasteiger partial charge on any atom is 0.340 e. The number of carbonyl (C=O) groups excluding carboxylic acids is 1. The molecule has 7 nitrogen and oxygen atoms in total. The molecule has 144 valence electrons. The average molecular weight is 392 g/mol. The number of methoxy groups -OCH3 is 1. The predicted molar refractivity (Wildman–Crippen MR) is 103 cm³/mol. The molecule has 0 radical (unpaired) electrons. The molecule has 1 saturated carbocycles. The molecular formula is C19H22ClN3O4. The van der Waals surface area contributed by atoms with Crippen molar-refractivity contribution in [3.63, 3.8) is 0 Å². The number of hydrogen-bond acceptors (Lipinski definition) is 6. The molecule has 0 unspecified atom stereocenters. The van der Waals surface area contributed by atoms with Crippen LogP contribution in [-0.4, -0.2) is 42.6 Å². The van der Waals surface area contributed by atoms with Gasteiger partial charge in [0.05, 0.1) is 30.2 Å². The van der Waals surface area contributed by atoms with E-state index in [0.29, 0.717) is 24.5 Å². The topological polar surface area (TPSA) is 82.5 Å². The molecule has 0 saturated heterocycles. The molecule has 1 aromatic carbocycles. The van der Waals surface area contributed by atoms with Crippen molar-refractivity contribution < 1.29 is 14.3 Å². The van der Waals surface area contributed by atoms with E-state index in [-0.39, 0.29) is 10.6 Å². The fourth-order valence-electron chi connectivity index (χ4n) is 2.60. The van der Waals surface area contributed by atoms with Crippen molar-refractivity contribution in [1.82, 2.24) is 9.78 Å². The van der Waals surface area contributed by atoms with Gasteiger partial charge in [-0.3, -0.25) is 4.79 Å². The van der Waals surface area contributed by atoms with Crippen LogP contribution in [0.4, 0.5) is 5.69 Å². The molecule has 1 N–H and O–H groups in total. The summed E-state index contributed by atoms with van der Waals surface area (Å²) in [7, 11) is 1.28. The van der Waals surface area contributed by atoms with Crippen LogP contribution in [0.5, 0.6) is 0 Å². The molecule has 0 bridgehead atoms. The minimum atomic E-state index is -0.552. The fraction of sp³-hybridized carbons (Fsp3) is 0.421. The van der Waals surface area contributed by atoms with Crippen LogP contribution in [0.3, 0.4) is 0 Å². The van der Waals surface area contributed by atoms with E-state index in [1.54, 1.807) is 24.3 Å². The smallest absolute Gasteiger partial charge is 0.340 e. The van der Waals surface area contributed by atoms with Crippen LogP contribution in [0.2, 0.25) is 5.02 Å². The summed E-state index contributed by atoms with van der Waals surface area (Å²) in [6, 6.07) is 6.57. The summed E-state index contributed by atoms with van der Waals surface area (Å²) in [5.74, 6) is 0.195. The number of anilines is 1. The molecule has 3 rings (SSSR count). The average Bonchev–Trinajstić information content (AvgIpc) is 3.51. The van der Waals surface area contributed by atoms with Crippen molar-refractivity contribution in [2.45, 2.75) is 19.3 Å². The number of halogens is 1. The molecule has 8 heteroatoms. The first kappa shape index (κ1) is 19.4. The Morgan fingerprint density at radius 2 is 2.15 bits per heavy atom. The molecule has 0 amide bonds. The number of carbonyl (C=O) groups is 1. The summed E-state index contributed by atoms with van der Waals surface area (Å²) in [5, 5.41) is 7.27. The monoisotopic (exact) mass is 391 g/mol. The van der Waals surface area contributed by atoms with Crippen molar-refractivity contribution in [3.05, 3.63) is 51.4 Å². The molecular weight excluding hydrogens is 370 g/mol. The number of para-hydroxylation sites is 1. The first-order valence-corrected chi connectivity index (χ1v) is 9.26. The summed E-state index contributed by atoms with van der Waals surface area (Å²) < 4.78 is 11.4.